The number of halogens is 1. The molecule has 1 amide bonds. The summed E-state index contributed by atoms with van der Waals surface area (Å²) in [5.41, 5.74) is 2.28. The molecule has 0 atom stereocenters. The standard InChI is InChI=1S/C23H15ClN4O3/c24-19-10-6-17(7-11-19)15-25-27-22(18-4-2-1-3-5-18)26-21(23(27)29)14-16-8-12-20(13-9-16)28(30)31/h1-15H/b21-14-,25-15+. The number of nitrogens with zero attached hydrogens (tertiary/aromatic N) is 4. The van der Waals surface area contributed by atoms with E-state index in [1.165, 1.54) is 17.1 Å². The van der Waals surface area contributed by atoms with Crippen LogP contribution in [0, 0.1) is 10.1 Å². The summed E-state index contributed by atoms with van der Waals surface area (Å²) in [7, 11) is 0. The molecule has 0 saturated carbocycles. The monoisotopic (exact) mass is 430 g/mol. The number of amidine groups is 1. The summed E-state index contributed by atoms with van der Waals surface area (Å²) in [6.45, 7) is 0. The Morgan fingerprint density at radius 2 is 1.58 bits per heavy atom. The molecule has 7 nitrogen and oxygen atoms in total. The average molecular weight is 431 g/mol. The van der Waals surface area contributed by atoms with Crippen LogP contribution in [0.2, 0.25) is 5.02 Å². The van der Waals surface area contributed by atoms with Gasteiger partial charge in [0.1, 0.15) is 5.70 Å². The van der Waals surface area contributed by atoms with E-state index in [4.69, 9.17) is 11.6 Å². The van der Waals surface area contributed by atoms with Crippen LogP contribution < -0.4 is 0 Å². The number of carbonyl (C=O) groups is 1. The molecule has 1 aliphatic heterocycles. The smallest absolute Gasteiger partial charge is 0.265 e. The van der Waals surface area contributed by atoms with Gasteiger partial charge in [0.05, 0.1) is 11.1 Å². The first-order valence-electron chi connectivity index (χ1n) is 9.25. The maximum Gasteiger partial charge on any atom is 0.298 e. The quantitative estimate of drug-likeness (QED) is 0.249. The predicted octanol–water partition coefficient (Wildman–Crippen LogP) is 4.91. The maximum atomic E-state index is 13.0. The van der Waals surface area contributed by atoms with Crippen LogP contribution in [0.4, 0.5) is 5.69 Å². The lowest BCUT2D eigenvalue weighted by Crippen LogP contribution is -2.27. The van der Waals surface area contributed by atoms with Gasteiger partial charge >= 0.3 is 0 Å². The van der Waals surface area contributed by atoms with Gasteiger partial charge in [0.25, 0.3) is 11.6 Å². The van der Waals surface area contributed by atoms with Crippen LogP contribution in [0.15, 0.2) is 94.7 Å². The van der Waals surface area contributed by atoms with Gasteiger partial charge in [0.2, 0.25) is 0 Å². The van der Waals surface area contributed by atoms with Gasteiger partial charge in [-0.2, -0.15) is 10.1 Å². The zero-order valence-electron chi connectivity index (χ0n) is 16.1. The van der Waals surface area contributed by atoms with Gasteiger partial charge in [-0.05, 0) is 41.5 Å². The Morgan fingerprint density at radius 3 is 2.23 bits per heavy atom. The van der Waals surface area contributed by atoms with Crippen molar-refractivity contribution in [2.24, 2.45) is 10.1 Å². The fourth-order valence-electron chi connectivity index (χ4n) is 2.91. The second-order valence-corrected chi connectivity index (χ2v) is 7.03. The summed E-state index contributed by atoms with van der Waals surface area (Å²) in [6, 6.07) is 22.2. The highest BCUT2D eigenvalue weighted by atomic mass is 35.5. The molecule has 8 heteroatoms. The van der Waals surface area contributed by atoms with Crippen LogP contribution in [0.25, 0.3) is 6.08 Å². The predicted molar refractivity (Wildman–Crippen MR) is 120 cm³/mol. The summed E-state index contributed by atoms with van der Waals surface area (Å²) in [4.78, 5) is 27.9. The highest BCUT2D eigenvalue weighted by Crippen LogP contribution is 2.23. The Morgan fingerprint density at radius 1 is 0.935 bits per heavy atom. The molecule has 0 aromatic heterocycles. The fraction of sp³-hybridized carbons (Fsp3) is 0. The molecule has 1 heterocycles. The van der Waals surface area contributed by atoms with E-state index in [0.717, 1.165) is 11.1 Å². The van der Waals surface area contributed by atoms with Crippen LogP contribution in [-0.2, 0) is 4.79 Å². The second-order valence-electron chi connectivity index (χ2n) is 6.59. The Balaban J connectivity index is 1.69. The van der Waals surface area contributed by atoms with Gasteiger partial charge in [-0.1, -0.05) is 54.1 Å². The molecule has 152 valence electrons. The normalized spacial score (nSPS) is 15.0. The number of amides is 1. The van der Waals surface area contributed by atoms with Gasteiger partial charge < -0.3 is 0 Å². The van der Waals surface area contributed by atoms with Gasteiger partial charge in [-0.3, -0.25) is 14.9 Å². The average Bonchev–Trinajstić information content (AvgIpc) is 3.09. The minimum atomic E-state index is -0.476. The molecule has 0 radical (unpaired) electrons. The number of rotatable bonds is 5. The van der Waals surface area contributed by atoms with Crippen molar-refractivity contribution in [3.63, 3.8) is 0 Å². The molecule has 1 aliphatic rings. The molecule has 31 heavy (non-hydrogen) atoms. The molecule has 4 rings (SSSR count). The summed E-state index contributed by atoms with van der Waals surface area (Å²) in [5.74, 6) is -0.00797. The SMILES string of the molecule is O=C1/C(=C/c2ccc([N+](=O)[O-])cc2)N=C(c2ccccc2)N1/N=C/c1ccc(Cl)cc1. The van der Waals surface area contributed by atoms with Crippen molar-refractivity contribution in [3.05, 3.63) is 116 Å². The number of nitro groups is 1. The summed E-state index contributed by atoms with van der Waals surface area (Å²) >= 11 is 5.92. The Labute approximate surface area is 182 Å². The Kier molecular flexibility index (Phi) is 5.68. The summed E-state index contributed by atoms with van der Waals surface area (Å²) in [5, 5.41) is 17.0. The number of hydrazone groups is 1. The van der Waals surface area contributed by atoms with Gasteiger partial charge in [0.15, 0.2) is 5.84 Å². The van der Waals surface area contributed by atoms with E-state index in [0.29, 0.717) is 16.4 Å². The van der Waals surface area contributed by atoms with Gasteiger partial charge in [-0.25, -0.2) is 4.99 Å². The first kappa shape index (κ1) is 20.2. The molecule has 0 saturated heterocycles. The Hall–Kier alpha value is -4.10. The minimum absolute atomic E-state index is 0.0254. The molecule has 0 unspecified atom stereocenters. The lowest BCUT2D eigenvalue weighted by molar-refractivity contribution is -0.384. The lowest BCUT2D eigenvalue weighted by atomic mass is 10.2. The number of non-ortho nitro benzene ring substituents is 1. The maximum absolute atomic E-state index is 13.0. The van der Waals surface area contributed by atoms with Gasteiger partial charge in [-0.15, -0.1) is 0 Å². The zero-order valence-corrected chi connectivity index (χ0v) is 16.8. The summed E-state index contributed by atoms with van der Waals surface area (Å²) < 4.78 is 0. The van der Waals surface area contributed by atoms with E-state index in [1.807, 2.05) is 30.3 Å². The largest absolute Gasteiger partial charge is 0.298 e. The number of nitro benzene ring substituents is 1. The second kappa shape index (κ2) is 8.73. The fourth-order valence-corrected chi connectivity index (χ4v) is 3.04. The van der Waals surface area contributed by atoms with Crippen LogP contribution >= 0.6 is 11.6 Å². The van der Waals surface area contributed by atoms with Crippen molar-refractivity contribution in [2.75, 3.05) is 0 Å². The van der Waals surface area contributed by atoms with Crippen molar-refractivity contribution in [1.82, 2.24) is 5.01 Å². The van der Waals surface area contributed by atoms with E-state index in [2.05, 4.69) is 10.1 Å². The lowest BCUT2D eigenvalue weighted by Gasteiger charge is -2.11. The molecule has 0 spiro atoms. The molecular weight excluding hydrogens is 416 g/mol. The molecule has 0 aliphatic carbocycles. The molecule has 0 N–H and O–H groups in total. The first-order chi connectivity index (χ1) is 15.0. The van der Waals surface area contributed by atoms with E-state index >= 15 is 0 Å². The van der Waals surface area contributed by atoms with Crippen molar-refractivity contribution in [2.45, 2.75) is 0 Å². The topological polar surface area (TPSA) is 88.2 Å². The van der Waals surface area contributed by atoms with Crippen LogP contribution in [0.5, 0.6) is 0 Å². The minimum Gasteiger partial charge on any atom is -0.265 e. The number of hydrogen-bond acceptors (Lipinski definition) is 5. The molecule has 3 aromatic carbocycles. The summed E-state index contributed by atoms with van der Waals surface area (Å²) in [6.07, 6.45) is 3.13. The third kappa shape index (κ3) is 4.57. The number of benzene rings is 3. The van der Waals surface area contributed by atoms with E-state index < -0.39 is 10.8 Å². The molecule has 3 aromatic rings. The molecule has 0 bridgehead atoms. The van der Waals surface area contributed by atoms with Crippen molar-refractivity contribution < 1.29 is 9.72 Å². The number of hydrogen-bond donors (Lipinski definition) is 0. The van der Waals surface area contributed by atoms with Crippen molar-refractivity contribution in [3.8, 4) is 0 Å². The number of carbonyl (C=O) groups excluding carboxylic acids is 1. The van der Waals surface area contributed by atoms with Gasteiger partial charge in [0, 0.05) is 22.7 Å². The third-order valence-corrected chi connectivity index (χ3v) is 4.72. The third-order valence-electron chi connectivity index (χ3n) is 4.47. The van der Waals surface area contributed by atoms with Crippen LogP contribution in [0.1, 0.15) is 16.7 Å². The molecular formula is C23H15ClN4O3. The zero-order chi connectivity index (χ0) is 21.8. The number of aliphatic imine (C=N–C) groups is 1. The Bertz CT molecular complexity index is 1220. The van der Waals surface area contributed by atoms with E-state index in [1.54, 1.807) is 48.7 Å². The highest BCUT2D eigenvalue weighted by molar-refractivity contribution is 6.30. The van der Waals surface area contributed by atoms with E-state index in [9.17, 15) is 14.9 Å². The van der Waals surface area contributed by atoms with Crippen LogP contribution in [0.3, 0.4) is 0 Å². The van der Waals surface area contributed by atoms with E-state index in [-0.39, 0.29) is 11.4 Å². The van der Waals surface area contributed by atoms with Crippen molar-refractivity contribution >= 4 is 41.3 Å². The van der Waals surface area contributed by atoms with Crippen molar-refractivity contribution in [1.29, 1.82) is 0 Å². The van der Waals surface area contributed by atoms with Crippen LogP contribution in [-0.4, -0.2) is 27.9 Å². The highest BCUT2D eigenvalue weighted by Gasteiger charge is 2.31. The molecule has 0 fully saturated rings. The first-order valence-corrected chi connectivity index (χ1v) is 9.63.